The summed E-state index contributed by atoms with van der Waals surface area (Å²) >= 11 is 0. The van der Waals surface area contributed by atoms with E-state index in [-0.39, 0.29) is 19.3 Å². The number of rotatable bonds is 52. The minimum absolute atomic E-state index is 0.0809. The SMILES string of the molecule is CC/C=C\C/C=C\C/C=C\C/C=C\C/C=C\CCCCCC(=O)OC(COC(=O)CCC/C=C\C/C=C\C/C=C\C/C=C\C/C=C\CC)COP(=O)(O)OCC(CO)OC(=O)CCC/C=C\C/C=C\C/C=C\C/C=C\C/C=C\CC. The quantitative estimate of drug-likeness (QED) is 0.0197. The molecule has 0 rings (SSSR count). The highest BCUT2D eigenvalue weighted by molar-refractivity contribution is 7.47. The molecule has 0 aliphatic carbocycles. The summed E-state index contributed by atoms with van der Waals surface area (Å²) < 4.78 is 39.4. The molecule has 446 valence electrons. The Morgan fingerprint density at radius 1 is 0.350 bits per heavy atom. The highest BCUT2D eigenvalue weighted by Gasteiger charge is 2.28. The number of allylic oxidation sites excluding steroid dienone is 30. The first-order valence-corrected chi connectivity index (χ1v) is 31.2. The zero-order valence-electron chi connectivity index (χ0n) is 49.2. The van der Waals surface area contributed by atoms with E-state index in [2.05, 4.69) is 179 Å². The van der Waals surface area contributed by atoms with Crippen molar-refractivity contribution in [2.24, 2.45) is 0 Å². The highest BCUT2D eigenvalue weighted by atomic mass is 31.2. The van der Waals surface area contributed by atoms with Crippen LogP contribution in [-0.2, 0) is 42.2 Å². The smallest absolute Gasteiger partial charge is 0.462 e. The van der Waals surface area contributed by atoms with Gasteiger partial charge in [0.25, 0.3) is 0 Å². The van der Waals surface area contributed by atoms with Crippen LogP contribution in [-0.4, -0.2) is 66.5 Å². The first-order valence-electron chi connectivity index (χ1n) is 29.7. The summed E-state index contributed by atoms with van der Waals surface area (Å²) in [6, 6.07) is 0. The van der Waals surface area contributed by atoms with Crippen LogP contribution in [0.1, 0.15) is 188 Å². The Morgan fingerprint density at radius 3 is 0.963 bits per heavy atom. The number of phosphoric acid groups is 1. The standard InChI is InChI=1S/C68H103O11P/c1-4-7-10-13-16-19-22-25-28-31-32-35-38-41-44-47-50-53-56-59-68(72)79-65(61-75-66(70)57-54-51-48-45-42-39-36-33-29-26-23-20-17-14-11-8-5-2)63-77-80(73,74)76-62-64(60-69)78-67(71)58-55-52-49-46-43-40-37-34-30-27-24-21-18-15-12-9-6-3/h7-12,16-21,25-30,32,35-37,39-41,44-46,48-49,64-65,69H,4-6,13-15,22-24,31,33-34,38,42-43,47,50-63H2,1-3H3,(H,73,74)/b10-7-,11-8-,12-9-,19-16-,20-17-,21-18-,28-25-,29-26-,30-27-,35-32-,39-36-,40-37-,44-41-,48-45-,49-46-. The van der Waals surface area contributed by atoms with E-state index in [1.54, 1.807) is 0 Å². The number of unbranched alkanes of at least 4 members (excludes halogenated alkanes) is 5. The molecule has 12 heteroatoms. The van der Waals surface area contributed by atoms with Crippen molar-refractivity contribution in [3.63, 3.8) is 0 Å². The maximum absolute atomic E-state index is 12.9. The molecule has 0 aliphatic rings. The zero-order chi connectivity index (χ0) is 58.3. The van der Waals surface area contributed by atoms with Gasteiger partial charge in [0.2, 0.25) is 0 Å². The second-order valence-electron chi connectivity index (χ2n) is 18.7. The predicted octanol–water partition coefficient (Wildman–Crippen LogP) is 18.0. The lowest BCUT2D eigenvalue weighted by Crippen LogP contribution is -2.30. The van der Waals surface area contributed by atoms with Gasteiger partial charge in [0.15, 0.2) is 6.10 Å². The number of carbonyl (C=O) groups excluding carboxylic acids is 3. The first kappa shape index (κ1) is 74.6. The monoisotopic (exact) mass is 1130 g/mol. The van der Waals surface area contributed by atoms with E-state index in [0.29, 0.717) is 32.1 Å². The van der Waals surface area contributed by atoms with Crippen molar-refractivity contribution in [2.45, 2.75) is 200 Å². The minimum atomic E-state index is -4.80. The Kier molecular flexibility index (Phi) is 55.7. The molecule has 3 unspecified atom stereocenters. The van der Waals surface area contributed by atoms with Crippen molar-refractivity contribution in [1.82, 2.24) is 0 Å². The van der Waals surface area contributed by atoms with Gasteiger partial charge in [-0.2, -0.15) is 0 Å². The van der Waals surface area contributed by atoms with E-state index in [1.807, 2.05) is 24.3 Å². The number of hydrogen-bond donors (Lipinski definition) is 2. The molecule has 0 amide bonds. The van der Waals surface area contributed by atoms with Crippen molar-refractivity contribution in [1.29, 1.82) is 0 Å². The van der Waals surface area contributed by atoms with Crippen LogP contribution in [0.25, 0.3) is 0 Å². The molecule has 11 nitrogen and oxygen atoms in total. The molecule has 0 aromatic heterocycles. The second-order valence-corrected chi connectivity index (χ2v) is 20.1. The average molecular weight is 1130 g/mol. The van der Waals surface area contributed by atoms with Gasteiger partial charge in [-0.05, 0) is 141 Å². The Balaban J connectivity index is 4.95. The van der Waals surface area contributed by atoms with Gasteiger partial charge in [0.1, 0.15) is 12.7 Å². The van der Waals surface area contributed by atoms with Gasteiger partial charge in [-0.1, -0.05) is 209 Å². The summed E-state index contributed by atoms with van der Waals surface area (Å²) in [5.74, 6) is -1.66. The maximum Gasteiger partial charge on any atom is 0.472 e. The lowest BCUT2D eigenvalue weighted by Gasteiger charge is -2.21. The van der Waals surface area contributed by atoms with Crippen molar-refractivity contribution in [3.8, 4) is 0 Å². The van der Waals surface area contributed by atoms with E-state index in [0.717, 1.165) is 116 Å². The summed E-state index contributed by atoms with van der Waals surface area (Å²) in [7, 11) is -4.80. The molecule has 0 radical (unpaired) electrons. The molecular weight excluding hydrogens is 1020 g/mol. The van der Waals surface area contributed by atoms with E-state index in [1.165, 1.54) is 0 Å². The van der Waals surface area contributed by atoms with Gasteiger partial charge >= 0.3 is 25.7 Å². The molecule has 0 bridgehead atoms. The number of carbonyl (C=O) groups is 3. The molecule has 0 heterocycles. The third-order valence-corrected chi connectivity index (χ3v) is 12.3. The van der Waals surface area contributed by atoms with E-state index in [4.69, 9.17) is 23.3 Å². The van der Waals surface area contributed by atoms with Gasteiger partial charge < -0.3 is 24.2 Å². The normalized spacial score (nSPS) is 14.6. The number of esters is 3. The summed E-state index contributed by atoms with van der Waals surface area (Å²) in [5.41, 5.74) is 0. The van der Waals surface area contributed by atoms with Crippen LogP contribution in [0.2, 0.25) is 0 Å². The number of hydrogen-bond acceptors (Lipinski definition) is 10. The summed E-state index contributed by atoms with van der Waals surface area (Å²) in [4.78, 5) is 48.6. The lowest BCUT2D eigenvalue weighted by atomic mass is 10.1. The van der Waals surface area contributed by atoms with Gasteiger partial charge in [0, 0.05) is 19.3 Å². The molecule has 0 aliphatic heterocycles. The lowest BCUT2D eigenvalue weighted by molar-refractivity contribution is -0.161. The Morgan fingerprint density at radius 2 is 0.625 bits per heavy atom. The van der Waals surface area contributed by atoms with Gasteiger partial charge in [-0.25, -0.2) is 4.57 Å². The van der Waals surface area contributed by atoms with Crippen molar-refractivity contribution in [3.05, 3.63) is 182 Å². The molecule has 0 spiro atoms. The Hall–Kier alpha value is -5.42. The van der Waals surface area contributed by atoms with Crippen LogP contribution in [0, 0.1) is 0 Å². The molecular formula is C68H103O11P. The van der Waals surface area contributed by atoms with Gasteiger partial charge in [0.05, 0.1) is 19.8 Å². The van der Waals surface area contributed by atoms with Crippen LogP contribution in [0.5, 0.6) is 0 Å². The van der Waals surface area contributed by atoms with E-state index < -0.39 is 64.4 Å². The molecule has 2 N–H and O–H groups in total. The molecule has 0 saturated carbocycles. The van der Waals surface area contributed by atoms with Gasteiger partial charge in [-0.3, -0.25) is 23.4 Å². The van der Waals surface area contributed by atoms with Crippen molar-refractivity contribution < 1.29 is 52.2 Å². The highest BCUT2D eigenvalue weighted by Crippen LogP contribution is 2.43. The summed E-state index contributed by atoms with van der Waals surface area (Å²) in [5, 5.41) is 9.83. The number of aliphatic hydroxyl groups excluding tert-OH is 1. The van der Waals surface area contributed by atoms with Crippen molar-refractivity contribution in [2.75, 3.05) is 26.4 Å². The molecule has 80 heavy (non-hydrogen) atoms. The molecule has 0 fully saturated rings. The van der Waals surface area contributed by atoms with Gasteiger partial charge in [-0.15, -0.1) is 0 Å². The topological polar surface area (TPSA) is 155 Å². The van der Waals surface area contributed by atoms with Crippen molar-refractivity contribution >= 4 is 25.7 Å². The fourth-order valence-corrected chi connectivity index (χ4v) is 7.71. The van der Waals surface area contributed by atoms with Crippen LogP contribution in [0.3, 0.4) is 0 Å². The zero-order valence-corrected chi connectivity index (χ0v) is 50.1. The Bertz CT molecular complexity index is 2040. The third-order valence-electron chi connectivity index (χ3n) is 11.3. The molecule has 0 saturated heterocycles. The van der Waals surface area contributed by atoms with E-state index in [9.17, 15) is 28.9 Å². The third kappa shape index (κ3) is 57.3. The minimum Gasteiger partial charge on any atom is -0.462 e. The first-order chi connectivity index (χ1) is 39.2. The summed E-state index contributed by atoms with van der Waals surface area (Å²) in [6.45, 7) is 4.10. The fourth-order valence-electron chi connectivity index (χ4n) is 6.92. The average Bonchev–Trinajstić information content (AvgIpc) is 3.45. The number of aliphatic hydroxyl groups is 1. The number of phosphoric ester groups is 1. The predicted molar refractivity (Wildman–Crippen MR) is 334 cm³/mol. The second kappa shape index (κ2) is 59.7. The Labute approximate surface area is 484 Å². The van der Waals surface area contributed by atoms with Crippen LogP contribution < -0.4 is 0 Å². The molecule has 3 atom stereocenters. The molecule has 0 aromatic carbocycles. The largest absolute Gasteiger partial charge is 0.472 e. The van der Waals surface area contributed by atoms with Crippen LogP contribution >= 0.6 is 7.82 Å². The maximum atomic E-state index is 12.9. The van der Waals surface area contributed by atoms with Crippen LogP contribution in [0.15, 0.2) is 182 Å². The number of ether oxygens (including phenoxy) is 3. The summed E-state index contributed by atoms with van der Waals surface area (Å²) in [6.07, 6.45) is 81.5. The van der Waals surface area contributed by atoms with E-state index >= 15 is 0 Å². The fraction of sp³-hybridized carbons (Fsp3) is 0.515. The molecule has 0 aromatic rings. The van der Waals surface area contributed by atoms with Crippen LogP contribution in [0.4, 0.5) is 0 Å².